The molecule has 2 atom stereocenters. The number of nitrogens with one attached hydrogen (secondary N) is 1. The van der Waals surface area contributed by atoms with E-state index in [1.807, 2.05) is 30.3 Å². The number of nitrogens with zero attached hydrogens (tertiary/aromatic N) is 1. The monoisotopic (exact) mass is 582 g/mol. The van der Waals surface area contributed by atoms with Crippen LogP contribution < -0.4 is 9.47 Å². The van der Waals surface area contributed by atoms with Crippen molar-refractivity contribution < 1.29 is 13.9 Å². The zero-order valence-corrected chi connectivity index (χ0v) is 23.2. The van der Waals surface area contributed by atoms with Crippen molar-refractivity contribution in [2.45, 2.75) is 31.5 Å². The van der Waals surface area contributed by atoms with Gasteiger partial charge in [0.15, 0.2) is 11.5 Å². The maximum Gasteiger partial charge on any atom is 0.161 e. The summed E-state index contributed by atoms with van der Waals surface area (Å²) in [6.07, 6.45) is 1.77. The summed E-state index contributed by atoms with van der Waals surface area (Å²) >= 11 is 3.81. The van der Waals surface area contributed by atoms with Crippen LogP contribution in [0.1, 0.15) is 45.6 Å². The quantitative estimate of drug-likeness (QED) is 0.229. The van der Waals surface area contributed by atoms with Crippen LogP contribution in [0.15, 0.2) is 89.4 Å². The fraction of sp³-hybridized carbons (Fsp3) is 0.212. The molecule has 39 heavy (non-hydrogen) atoms. The van der Waals surface area contributed by atoms with E-state index in [-0.39, 0.29) is 17.9 Å². The molecule has 0 fully saturated rings. The van der Waals surface area contributed by atoms with Crippen LogP contribution in [0.3, 0.4) is 0 Å². The number of fused-ring (bicyclic) bond motifs is 6. The second-order valence-corrected chi connectivity index (χ2v) is 11.2. The Morgan fingerprint density at radius 3 is 2.59 bits per heavy atom. The van der Waals surface area contributed by atoms with Gasteiger partial charge in [-0.05, 0) is 77.1 Å². The van der Waals surface area contributed by atoms with E-state index in [2.05, 4.69) is 68.3 Å². The SMILES string of the molecule is COc1cc2c(cc1OCc1ccccc1)CCN1C2Cc2c([nH]c3cccc(Br)c23)C1c1ccc(F)cc1. The van der Waals surface area contributed by atoms with Gasteiger partial charge in [0.2, 0.25) is 0 Å². The molecule has 0 saturated heterocycles. The number of methoxy groups -OCH3 is 1. The summed E-state index contributed by atoms with van der Waals surface area (Å²) in [6.45, 7) is 1.38. The highest BCUT2D eigenvalue weighted by atomic mass is 79.9. The van der Waals surface area contributed by atoms with Crippen LogP contribution in [0, 0.1) is 5.82 Å². The van der Waals surface area contributed by atoms with E-state index >= 15 is 0 Å². The lowest BCUT2D eigenvalue weighted by Gasteiger charge is -2.46. The van der Waals surface area contributed by atoms with Gasteiger partial charge < -0.3 is 14.5 Å². The Hall–Kier alpha value is -3.61. The van der Waals surface area contributed by atoms with Gasteiger partial charge in [0, 0.05) is 33.7 Å². The highest BCUT2D eigenvalue weighted by Crippen LogP contribution is 2.50. The lowest BCUT2D eigenvalue weighted by atomic mass is 9.80. The predicted molar refractivity (Wildman–Crippen MR) is 155 cm³/mol. The number of aromatic nitrogens is 1. The maximum absolute atomic E-state index is 13.9. The predicted octanol–water partition coefficient (Wildman–Crippen LogP) is 7.90. The van der Waals surface area contributed by atoms with Crippen LogP contribution in [-0.2, 0) is 19.4 Å². The van der Waals surface area contributed by atoms with E-state index in [1.165, 1.54) is 27.8 Å². The number of hydrogen-bond acceptors (Lipinski definition) is 3. The molecular formula is C33H28BrFN2O2. The molecule has 6 heteroatoms. The number of rotatable bonds is 5. The molecule has 2 aliphatic heterocycles. The number of benzene rings is 4. The van der Waals surface area contributed by atoms with Crippen LogP contribution in [0.25, 0.3) is 10.9 Å². The number of halogens is 2. The summed E-state index contributed by atoms with van der Waals surface area (Å²) in [6, 6.07) is 27.9. The summed E-state index contributed by atoms with van der Waals surface area (Å²) in [7, 11) is 1.70. The van der Waals surface area contributed by atoms with Crippen molar-refractivity contribution in [1.29, 1.82) is 0 Å². The molecule has 0 spiro atoms. The smallest absolute Gasteiger partial charge is 0.161 e. The van der Waals surface area contributed by atoms with Gasteiger partial charge in [0.05, 0.1) is 13.2 Å². The van der Waals surface area contributed by atoms with Gasteiger partial charge in [0.25, 0.3) is 0 Å². The fourth-order valence-electron chi connectivity index (χ4n) is 6.37. The van der Waals surface area contributed by atoms with Crippen LogP contribution in [0.2, 0.25) is 0 Å². The zero-order valence-electron chi connectivity index (χ0n) is 21.6. The molecule has 2 aliphatic rings. The molecule has 0 radical (unpaired) electrons. The van der Waals surface area contributed by atoms with Crippen molar-refractivity contribution in [3.8, 4) is 11.5 Å². The Morgan fingerprint density at radius 1 is 0.974 bits per heavy atom. The van der Waals surface area contributed by atoms with E-state index in [0.29, 0.717) is 6.61 Å². The Balaban J connectivity index is 1.33. The summed E-state index contributed by atoms with van der Waals surface area (Å²) in [4.78, 5) is 6.29. The summed E-state index contributed by atoms with van der Waals surface area (Å²) < 4.78 is 27.1. The van der Waals surface area contributed by atoms with Gasteiger partial charge in [-0.15, -0.1) is 0 Å². The second-order valence-electron chi connectivity index (χ2n) is 10.3. The van der Waals surface area contributed by atoms with Crippen molar-refractivity contribution in [1.82, 2.24) is 9.88 Å². The third-order valence-corrected chi connectivity index (χ3v) is 8.82. The number of aromatic amines is 1. The van der Waals surface area contributed by atoms with Crippen LogP contribution in [-0.4, -0.2) is 23.5 Å². The van der Waals surface area contributed by atoms with Crippen LogP contribution in [0.4, 0.5) is 4.39 Å². The zero-order chi connectivity index (χ0) is 26.5. The Labute approximate surface area is 235 Å². The van der Waals surface area contributed by atoms with Gasteiger partial charge in [-0.25, -0.2) is 4.39 Å². The molecule has 1 N–H and O–H groups in total. The molecule has 7 rings (SSSR count). The fourth-order valence-corrected chi connectivity index (χ4v) is 6.98. The summed E-state index contributed by atoms with van der Waals surface area (Å²) in [5.74, 6) is 1.30. The van der Waals surface area contributed by atoms with Crippen molar-refractivity contribution in [3.63, 3.8) is 0 Å². The molecule has 0 amide bonds. The molecular weight excluding hydrogens is 555 g/mol. The van der Waals surface area contributed by atoms with Gasteiger partial charge in [-0.1, -0.05) is 64.5 Å². The van der Waals surface area contributed by atoms with Crippen LogP contribution >= 0.6 is 15.9 Å². The molecule has 5 aromatic rings. The number of hydrogen-bond donors (Lipinski definition) is 1. The molecule has 0 bridgehead atoms. The maximum atomic E-state index is 13.9. The largest absolute Gasteiger partial charge is 0.493 e. The van der Waals surface area contributed by atoms with E-state index in [4.69, 9.17) is 9.47 Å². The van der Waals surface area contributed by atoms with E-state index in [9.17, 15) is 4.39 Å². The first kappa shape index (κ1) is 24.4. The van der Waals surface area contributed by atoms with Gasteiger partial charge in [0.1, 0.15) is 12.4 Å². The normalized spacial score (nSPS) is 18.3. The molecule has 3 heterocycles. The van der Waals surface area contributed by atoms with Gasteiger partial charge in [-0.3, -0.25) is 4.90 Å². The lowest BCUT2D eigenvalue weighted by Crippen LogP contribution is -2.43. The molecule has 1 aromatic heterocycles. The van der Waals surface area contributed by atoms with E-state index in [0.717, 1.165) is 52.0 Å². The number of H-pyrrole nitrogens is 1. The van der Waals surface area contributed by atoms with Crippen molar-refractivity contribution in [2.24, 2.45) is 0 Å². The molecule has 4 aromatic carbocycles. The molecule has 2 unspecified atom stereocenters. The minimum atomic E-state index is -0.220. The first-order valence-electron chi connectivity index (χ1n) is 13.3. The Morgan fingerprint density at radius 2 is 1.79 bits per heavy atom. The third-order valence-electron chi connectivity index (χ3n) is 8.16. The standard InChI is InChI=1S/C33H28BrFN2O2/c1-38-29-18-24-22(16-30(29)39-19-20-6-3-2-4-7-20)14-15-37-28(24)17-25-31-26(34)8-5-9-27(31)36-32(25)33(37)21-10-12-23(35)13-11-21/h2-13,16,18,28,33,36H,14-15,17,19H2,1H3. The second kappa shape index (κ2) is 9.85. The first-order valence-corrected chi connectivity index (χ1v) is 14.1. The summed E-state index contributed by atoms with van der Waals surface area (Å²) in [5, 5.41) is 1.22. The molecule has 0 saturated carbocycles. The van der Waals surface area contributed by atoms with E-state index < -0.39 is 0 Å². The van der Waals surface area contributed by atoms with Crippen molar-refractivity contribution in [3.05, 3.63) is 129 Å². The van der Waals surface area contributed by atoms with Crippen molar-refractivity contribution >= 4 is 26.8 Å². The lowest BCUT2D eigenvalue weighted by molar-refractivity contribution is 0.127. The number of ether oxygens (including phenoxy) is 2. The van der Waals surface area contributed by atoms with Gasteiger partial charge in [-0.2, -0.15) is 0 Å². The highest BCUT2D eigenvalue weighted by Gasteiger charge is 2.41. The van der Waals surface area contributed by atoms with Crippen LogP contribution in [0.5, 0.6) is 11.5 Å². The molecule has 4 nitrogen and oxygen atoms in total. The molecule has 0 aliphatic carbocycles. The highest BCUT2D eigenvalue weighted by molar-refractivity contribution is 9.10. The third kappa shape index (κ3) is 4.23. The average Bonchev–Trinajstić information content (AvgIpc) is 3.34. The Bertz CT molecular complexity index is 1670. The average molecular weight is 584 g/mol. The topological polar surface area (TPSA) is 37.5 Å². The Kier molecular flexibility index (Phi) is 6.17. The van der Waals surface area contributed by atoms with E-state index in [1.54, 1.807) is 19.2 Å². The molecule has 196 valence electrons. The summed E-state index contributed by atoms with van der Waals surface area (Å²) in [5.41, 5.74) is 8.38. The first-order chi connectivity index (χ1) is 19.1. The van der Waals surface area contributed by atoms with Gasteiger partial charge >= 0.3 is 0 Å². The minimum Gasteiger partial charge on any atom is -0.493 e. The van der Waals surface area contributed by atoms with Crippen molar-refractivity contribution in [2.75, 3.05) is 13.7 Å². The minimum absolute atomic E-state index is 0.00759.